The van der Waals surface area contributed by atoms with Gasteiger partial charge in [-0.15, -0.1) is 11.8 Å². The zero-order chi connectivity index (χ0) is 13.8. The van der Waals surface area contributed by atoms with E-state index in [-0.39, 0.29) is 5.91 Å². The van der Waals surface area contributed by atoms with E-state index in [1.807, 2.05) is 18.2 Å². The average molecular weight is 278 g/mol. The van der Waals surface area contributed by atoms with Gasteiger partial charge in [0, 0.05) is 16.5 Å². The standard InChI is InChI=1S/C15H22N2OS/c1-11-10-12(4-5-14(11)19-3)15(18)16-13-6-8-17(2)9-7-13/h4-5,10,13H,6-9H2,1-3H3,(H,16,18). The van der Waals surface area contributed by atoms with Gasteiger partial charge in [0.25, 0.3) is 5.91 Å². The molecule has 0 unspecified atom stereocenters. The monoisotopic (exact) mass is 278 g/mol. The molecule has 0 aromatic heterocycles. The van der Waals surface area contributed by atoms with E-state index in [4.69, 9.17) is 0 Å². The number of carbonyl (C=O) groups is 1. The van der Waals surface area contributed by atoms with Crippen molar-refractivity contribution in [2.24, 2.45) is 0 Å². The van der Waals surface area contributed by atoms with Crippen molar-refractivity contribution in [3.8, 4) is 0 Å². The molecule has 104 valence electrons. The Kier molecular flexibility index (Phi) is 4.88. The lowest BCUT2D eigenvalue weighted by molar-refractivity contribution is 0.0916. The minimum Gasteiger partial charge on any atom is -0.349 e. The first-order valence-electron chi connectivity index (χ1n) is 6.74. The van der Waals surface area contributed by atoms with Gasteiger partial charge in [0.05, 0.1) is 0 Å². The van der Waals surface area contributed by atoms with Crippen LogP contribution in [0.2, 0.25) is 0 Å². The number of nitrogens with one attached hydrogen (secondary N) is 1. The third-order valence-corrected chi connectivity index (χ3v) is 4.61. The van der Waals surface area contributed by atoms with Crippen LogP contribution in [0.25, 0.3) is 0 Å². The smallest absolute Gasteiger partial charge is 0.251 e. The lowest BCUT2D eigenvalue weighted by Gasteiger charge is -2.29. The highest BCUT2D eigenvalue weighted by molar-refractivity contribution is 7.98. The summed E-state index contributed by atoms with van der Waals surface area (Å²) in [5, 5.41) is 3.15. The van der Waals surface area contributed by atoms with Crippen molar-refractivity contribution in [2.45, 2.75) is 30.7 Å². The van der Waals surface area contributed by atoms with Gasteiger partial charge in [0.1, 0.15) is 0 Å². The maximum absolute atomic E-state index is 12.2. The van der Waals surface area contributed by atoms with E-state index in [2.05, 4.69) is 30.4 Å². The molecule has 2 rings (SSSR count). The Bertz CT molecular complexity index is 453. The molecule has 3 nitrogen and oxygen atoms in total. The molecule has 19 heavy (non-hydrogen) atoms. The van der Waals surface area contributed by atoms with Crippen LogP contribution in [0.15, 0.2) is 23.1 Å². The fraction of sp³-hybridized carbons (Fsp3) is 0.533. The van der Waals surface area contributed by atoms with Crippen molar-refractivity contribution in [2.75, 3.05) is 26.4 Å². The highest BCUT2D eigenvalue weighted by Gasteiger charge is 2.19. The number of hydrogen-bond acceptors (Lipinski definition) is 3. The van der Waals surface area contributed by atoms with Crippen LogP contribution in [-0.2, 0) is 0 Å². The summed E-state index contributed by atoms with van der Waals surface area (Å²) in [4.78, 5) is 15.8. The number of likely N-dealkylation sites (tertiary alicyclic amines) is 1. The third-order valence-electron chi connectivity index (χ3n) is 3.71. The van der Waals surface area contributed by atoms with Crippen molar-refractivity contribution >= 4 is 17.7 Å². The number of nitrogens with zero attached hydrogens (tertiary/aromatic N) is 1. The van der Waals surface area contributed by atoms with E-state index in [9.17, 15) is 4.79 Å². The summed E-state index contributed by atoms with van der Waals surface area (Å²) >= 11 is 1.71. The highest BCUT2D eigenvalue weighted by Crippen LogP contribution is 2.21. The lowest BCUT2D eigenvalue weighted by atomic mass is 10.0. The summed E-state index contributed by atoms with van der Waals surface area (Å²) in [7, 11) is 2.13. The Labute approximate surface area is 119 Å². The Morgan fingerprint density at radius 1 is 1.37 bits per heavy atom. The Morgan fingerprint density at radius 3 is 2.63 bits per heavy atom. The molecule has 1 aromatic carbocycles. The van der Waals surface area contributed by atoms with Crippen LogP contribution in [0.3, 0.4) is 0 Å². The largest absolute Gasteiger partial charge is 0.349 e. The summed E-state index contributed by atoms with van der Waals surface area (Å²) in [5.41, 5.74) is 1.94. The lowest BCUT2D eigenvalue weighted by Crippen LogP contribution is -2.43. The van der Waals surface area contributed by atoms with Gasteiger partial charge in [-0.25, -0.2) is 0 Å². The first kappa shape index (κ1) is 14.4. The maximum Gasteiger partial charge on any atom is 0.251 e. The second-order valence-electron chi connectivity index (χ2n) is 5.24. The van der Waals surface area contributed by atoms with Gasteiger partial charge in [-0.2, -0.15) is 0 Å². The summed E-state index contributed by atoms with van der Waals surface area (Å²) in [6.07, 6.45) is 4.15. The quantitative estimate of drug-likeness (QED) is 0.862. The molecule has 1 amide bonds. The van der Waals surface area contributed by atoms with Crippen LogP contribution in [0.5, 0.6) is 0 Å². The van der Waals surface area contributed by atoms with Crippen molar-refractivity contribution < 1.29 is 4.79 Å². The maximum atomic E-state index is 12.2. The topological polar surface area (TPSA) is 32.3 Å². The molecule has 1 heterocycles. The van der Waals surface area contributed by atoms with Crippen molar-refractivity contribution in [1.29, 1.82) is 0 Å². The Balaban J connectivity index is 1.98. The SMILES string of the molecule is CSc1ccc(C(=O)NC2CCN(C)CC2)cc1C. The molecule has 0 saturated carbocycles. The number of thioether (sulfide) groups is 1. The second kappa shape index (κ2) is 6.44. The summed E-state index contributed by atoms with van der Waals surface area (Å²) in [5.74, 6) is 0.0605. The van der Waals surface area contributed by atoms with Gasteiger partial charge in [-0.05, 0) is 69.9 Å². The number of aryl methyl sites for hydroxylation is 1. The van der Waals surface area contributed by atoms with Crippen LogP contribution in [0.1, 0.15) is 28.8 Å². The van der Waals surface area contributed by atoms with Crippen LogP contribution in [0.4, 0.5) is 0 Å². The van der Waals surface area contributed by atoms with Gasteiger partial charge in [-0.3, -0.25) is 4.79 Å². The highest BCUT2D eigenvalue weighted by atomic mass is 32.2. The molecular formula is C15H22N2OS. The molecule has 1 aliphatic rings. The predicted molar refractivity (Wildman–Crippen MR) is 80.9 cm³/mol. The van der Waals surface area contributed by atoms with E-state index in [1.165, 1.54) is 10.5 Å². The van der Waals surface area contributed by atoms with E-state index >= 15 is 0 Å². The number of piperidine rings is 1. The van der Waals surface area contributed by atoms with E-state index < -0.39 is 0 Å². The summed E-state index contributed by atoms with van der Waals surface area (Å²) in [6.45, 7) is 4.18. The van der Waals surface area contributed by atoms with Crippen LogP contribution in [-0.4, -0.2) is 43.2 Å². The number of rotatable bonds is 3. The predicted octanol–water partition coefficient (Wildman–Crippen LogP) is 2.54. The molecular weight excluding hydrogens is 256 g/mol. The minimum atomic E-state index is 0.0605. The number of carbonyl (C=O) groups excluding carboxylic acids is 1. The number of amides is 1. The van der Waals surface area contributed by atoms with Gasteiger partial charge in [0.2, 0.25) is 0 Å². The van der Waals surface area contributed by atoms with E-state index in [0.717, 1.165) is 31.5 Å². The molecule has 0 radical (unpaired) electrons. The van der Waals surface area contributed by atoms with Crippen molar-refractivity contribution in [3.05, 3.63) is 29.3 Å². The van der Waals surface area contributed by atoms with Gasteiger partial charge >= 0.3 is 0 Å². The molecule has 1 saturated heterocycles. The molecule has 1 aliphatic heterocycles. The van der Waals surface area contributed by atoms with Crippen molar-refractivity contribution in [3.63, 3.8) is 0 Å². The van der Waals surface area contributed by atoms with Gasteiger partial charge in [-0.1, -0.05) is 0 Å². The molecule has 0 atom stereocenters. The molecule has 4 heteroatoms. The molecule has 0 spiro atoms. The fourth-order valence-corrected chi connectivity index (χ4v) is 3.03. The molecule has 1 N–H and O–H groups in total. The van der Waals surface area contributed by atoms with Gasteiger partial charge in [0.15, 0.2) is 0 Å². The molecule has 1 aromatic rings. The fourth-order valence-electron chi connectivity index (χ4n) is 2.44. The summed E-state index contributed by atoms with van der Waals surface area (Å²) in [6, 6.07) is 6.26. The number of hydrogen-bond donors (Lipinski definition) is 1. The second-order valence-corrected chi connectivity index (χ2v) is 6.08. The molecule has 0 bridgehead atoms. The number of benzene rings is 1. The third kappa shape index (κ3) is 3.74. The first-order valence-corrected chi connectivity index (χ1v) is 7.96. The van der Waals surface area contributed by atoms with Crippen molar-refractivity contribution in [1.82, 2.24) is 10.2 Å². The normalized spacial score (nSPS) is 17.4. The zero-order valence-corrected chi connectivity index (χ0v) is 12.7. The van der Waals surface area contributed by atoms with Gasteiger partial charge < -0.3 is 10.2 Å². The molecule has 0 aliphatic carbocycles. The van der Waals surface area contributed by atoms with Crippen LogP contribution >= 0.6 is 11.8 Å². The first-order chi connectivity index (χ1) is 9.10. The Morgan fingerprint density at radius 2 is 2.05 bits per heavy atom. The van der Waals surface area contributed by atoms with Crippen LogP contribution in [0, 0.1) is 6.92 Å². The average Bonchev–Trinajstić information content (AvgIpc) is 2.41. The van der Waals surface area contributed by atoms with Crippen LogP contribution < -0.4 is 5.32 Å². The summed E-state index contributed by atoms with van der Waals surface area (Å²) < 4.78 is 0. The Hall–Kier alpha value is -1.00. The zero-order valence-electron chi connectivity index (χ0n) is 11.9. The molecule has 1 fully saturated rings. The minimum absolute atomic E-state index is 0.0605. The van der Waals surface area contributed by atoms with E-state index in [0.29, 0.717) is 6.04 Å². The van der Waals surface area contributed by atoms with E-state index in [1.54, 1.807) is 11.8 Å².